The van der Waals surface area contributed by atoms with Crippen molar-refractivity contribution in [3.05, 3.63) is 17.7 Å². The van der Waals surface area contributed by atoms with Crippen molar-refractivity contribution in [2.45, 2.75) is 32.8 Å². The van der Waals surface area contributed by atoms with Gasteiger partial charge in [-0.1, -0.05) is 24.2 Å². The molecule has 7 nitrogen and oxygen atoms in total. The summed E-state index contributed by atoms with van der Waals surface area (Å²) >= 11 is 0. The van der Waals surface area contributed by atoms with Gasteiger partial charge < -0.3 is 18.5 Å². The van der Waals surface area contributed by atoms with Gasteiger partial charge in [0.2, 0.25) is 0 Å². The highest BCUT2D eigenvalue weighted by atomic mass is 16.5. The quantitative estimate of drug-likeness (QED) is 0.808. The van der Waals surface area contributed by atoms with Crippen LogP contribution in [0, 0.1) is 5.92 Å². The third-order valence-corrected chi connectivity index (χ3v) is 3.39. The molecule has 2 aromatic heterocycles. The molecule has 1 aliphatic heterocycles. The Morgan fingerprint density at radius 3 is 2.95 bits per heavy atom. The van der Waals surface area contributed by atoms with Crippen molar-refractivity contribution in [1.29, 1.82) is 0 Å². The van der Waals surface area contributed by atoms with Gasteiger partial charge in [-0.25, -0.2) is 0 Å². The fraction of sp³-hybridized carbons (Fsp3) is 0.643. The summed E-state index contributed by atoms with van der Waals surface area (Å²) in [6.07, 6.45) is 1.05. The zero-order chi connectivity index (χ0) is 14.7. The van der Waals surface area contributed by atoms with Gasteiger partial charge in [0.25, 0.3) is 5.89 Å². The van der Waals surface area contributed by atoms with E-state index in [2.05, 4.69) is 15.3 Å². The minimum absolute atomic E-state index is 0.269. The molecule has 0 spiro atoms. The highest BCUT2D eigenvalue weighted by Gasteiger charge is 2.18. The van der Waals surface area contributed by atoms with Crippen molar-refractivity contribution in [2.24, 2.45) is 5.92 Å². The first-order valence-electron chi connectivity index (χ1n) is 7.17. The summed E-state index contributed by atoms with van der Waals surface area (Å²) in [5, 5.41) is 7.82. The van der Waals surface area contributed by atoms with E-state index in [1.165, 1.54) is 0 Å². The van der Waals surface area contributed by atoms with Gasteiger partial charge in [-0.15, -0.1) is 0 Å². The maximum atomic E-state index is 5.59. The topological polar surface area (TPSA) is 83.4 Å². The molecule has 1 fully saturated rings. The zero-order valence-corrected chi connectivity index (χ0v) is 12.2. The monoisotopic (exact) mass is 293 g/mol. The summed E-state index contributed by atoms with van der Waals surface area (Å²) < 4.78 is 21.3. The van der Waals surface area contributed by atoms with Crippen LogP contribution in [0.3, 0.4) is 0 Å². The summed E-state index contributed by atoms with van der Waals surface area (Å²) in [7, 11) is 0. The average molecular weight is 293 g/mol. The van der Waals surface area contributed by atoms with Crippen molar-refractivity contribution < 1.29 is 18.5 Å². The first-order chi connectivity index (χ1) is 10.2. The van der Waals surface area contributed by atoms with Gasteiger partial charge in [0.05, 0.1) is 13.2 Å². The molecule has 0 bridgehead atoms. The average Bonchev–Trinajstić information content (AvgIpc) is 3.20. The minimum Gasteiger partial charge on any atom is -0.381 e. The highest BCUT2D eigenvalue weighted by molar-refractivity contribution is 5.45. The Bertz CT molecular complexity index is 572. The van der Waals surface area contributed by atoms with E-state index >= 15 is 0 Å². The molecule has 2 aromatic rings. The van der Waals surface area contributed by atoms with Crippen LogP contribution in [-0.4, -0.2) is 35.1 Å². The molecule has 0 saturated carbocycles. The predicted octanol–water partition coefficient (Wildman–Crippen LogP) is 2.40. The van der Waals surface area contributed by atoms with Crippen LogP contribution in [0.1, 0.15) is 37.8 Å². The lowest BCUT2D eigenvalue weighted by Crippen LogP contribution is -2.09. The molecule has 1 saturated heterocycles. The SMILES string of the molecule is CC(C)c1cc(-c2nc(COCC3CCOC3)no2)no1. The third kappa shape index (κ3) is 3.48. The molecule has 0 N–H and O–H groups in total. The predicted molar refractivity (Wildman–Crippen MR) is 72.5 cm³/mol. The van der Waals surface area contributed by atoms with E-state index in [1.807, 2.05) is 19.9 Å². The normalized spacial score (nSPS) is 18.7. The van der Waals surface area contributed by atoms with E-state index in [9.17, 15) is 0 Å². The van der Waals surface area contributed by atoms with Gasteiger partial charge in [-0.2, -0.15) is 4.98 Å². The van der Waals surface area contributed by atoms with Crippen LogP contribution in [-0.2, 0) is 16.1 Å². The lowest BCUT2D eigenvalue weighted by atomic mass is 10.1. The first-order valence-corrected chi connectivity index (χ1v) is 7.17. The Kier molecular flexibility index (Phi) is 4.31. The van der Waals surface area contributed by atoms with Gasteiger partial charge >= 0.3 is 0 Å². The van der Waals surface area contributed by atoms with E-state index in [0.717, 1.165) is 25.4 Å². The molecule has 7 heteroatoms. The fourth-order valence-electron chi connectivity index (χ4n) is 2.11. The maximum Gasteiger partial charge on any atom is 0.280 e. The molecule has 0 aromatic carbocycles. The Hall–Kier alpha value is -1.73. The summed E-state index contributed by atoms with van der Waals surface area (Å²) in [4.78, 5) is 4.26. The third-order valence-electron chi connectivity index (χ3n) is 3.39. The number of nitrogens with zero attached hydrogens (tertiary/aromatic N) is 3. The Morgan fingerprint density at radius 1 is 1.33 bits per heavy atom. The Labute approximate surface area is 122 Å². The second kappa shape index (κ2) is 6.36. The molecule has 0 radical (unpaired) electrons. The van der Waals surface area contributed by atoms with Gasteiger partial charge in [0, 0.05) is 24.5 Å². The van der Waals surface area contributed by atoms with Gasteiger partial charge in [0.15, 0.2) is 11.5 Å². The lowest BCUT2D eigenvalue weighted by Gasteiger charge is -2.05. The molecular formula is C14H19N3O4. The minimum atomic E-state index is 0.269. The molecule has 1 unspecified atom stereocenters. The standard InChI is InChI=1S/C14H19N3O4/c1-9(2)12-5-11(16-20-12)14-15-13(17-21-14)8-19-7-10-3-4-18-6-10/h5,9-10H,3-4,6-8H2,1-2H3. The van der Waals surface area contributed by atoms with Crippen LogP contribution in [0.15, 0.2) is 15.1 Å². The number of aromatic nitrogens is 3. The first kappa shape index (κ1) is 14.2. The second-order valence-corrected chi connectivity index (χ2v) is 5.53. The number of hydrogen-bond donors (Lipinski definition) is 0. The molecule has 1 aliphatic rings. The fourth-order valence-corrected chi connectivity index (χ4v) is 2.11. The van der Waals surface area contributed by atoms with E-state index in [-0.39, 0.29) is 5.92 Å². The van der Waals surface area contributed by atoms with Crippen molar-refractivity contribution in [3.63, 3.8) is 0 Å². The number of rotatable bonds is 6. The van der Waals surface area contributed by atoms with E-state index < -0.39 is 0 Å². The van der Waals surface area contributed by atoms with Gasteiger partial charge in [-0.3, -0.25) is 0 Å². The van der Waals surface area contributed by atoms with Crippen molar-refractivity contribution >= 4 is 0 Å². The van der Waals surface area contributed by atoms with Crippen LogP contribution < -0.4 is 0 Å². The van der Waals surface area contributed by atoms with Crippen LogP contribution >= 0.6 is 0 Å². The number of hydrogen-bond acceptors (Lipinski definition) is 7. The van der Waals surface area contributed by atoms with Gasteiger partial charge in [0.1, 0.15) is 12.4 Å². The highest BCUT2D eigenvalue weighted by Crippen LogP contribution is 2.22. The summed E-state index contributed by atoms with van der Waals surface area (Å²) in [6, 6.07) is 1.82. The molecule has 114 valence electrons. The molecule has 3 heterocycles. The summed E-state index contributed by atoms with van der Waals surface area (Å²) in [5.74, 6) is 2.40. The van der Waals surface area contributed by atoms with Crippen LogP contribution in [0.4, 0.5) is 0 Å². The van der Waals surface area contributed by atoms with Crippen molar-refractivity contribution in [3.8, 4) is 11.6 Å². The zero-order valence-electron chi connectivity index (χ0n) is 12.2. The van der Waals surface area contributed by atoms with Gasteiger partial charge in [-0.05, 0) is 6.42 Å². The molecule has 0 amide bonds. The van der Waals surface area contributed by atoms with Crippen LogP contribution in [0.2, 0.25) is 0 Å². The smallest absolute Gasteiger partial charge is 0.280 e. The lowest BCUT2D eigenvalue weighted by molar-refractivity contribution is 0.0742. The molecule has 1 atom stereocenters. The molecule has 21 heavy (non-hydrogen) atoms. The second-order valence-electron chi connectivity index (χ2n) is 5.53. The van der Waals surface area contributed by atoms with Crippen LogP contribution in [0.5, 0.6) is 0 Å². The largest absolute Gasteiger partial charge is 0.381 e. The van der Waals surface area contributed by atoms with Crippen molar-refractivity contribution in [1.82, 2.24) is 15.3 Å². The van der Waals surface area contributed by atoms with Crippen LogP contribution in [0.25, 0.3) is 11.6 Å². The molecule has 3 rings (SSSR count). The maximum absolute atomic E-state index is 5.59. The number of ether oxygens (including phenoxy) is 2. The molecular weight excluding hydrogens is 274 g/mol. The Balaban J connectivity index is 1.55. The summed E-state index contributed by atoms with van der Waals surface area (Å²) in [6.45, 7) is 6.65. The van der Waals surface area contributed by atoms with E-state index in [1.54, 1.807) is 0 Å². The Morgan fingerprint density at radius 2 is 2.24 bits per heavy atom. The van der Waals surface area contributed by atoms with Crippen molar-refractivity contribution in [2.75, 3.05) is 19.8 Å². The molecule has 0 aliphatic carbocycles. The van der Waals surface area contributed by atoms with E-state index in [0.29, 0.717) is 36.5 Å². The summed E-state index contributed by atoms with van der Waals surface area (Å²) in [5.41, 5.74) is 0.557. The van der Waals surface area contributed by atoms with E-state index in [4.69, 9.17) is 18.5 Å².